The van der Waals surface area contributed by atoms with E-state index in [4.69, 9.17) is 49.0 Å². The summed E-state index contributed by atoms with van der Waals surface area (Å²) in [6, 6.07) is 14.6. The monoisotopic (exact) mass is 614 g/mol. The van der Waals surface area contributed by atoms with Gasteiger partial charge in [-0.2, -0.15) is 0 Å². The molecular formula is C26H25Cl3N2O7S. The number of benzene rings is 2. The number of ether oxygens (including phenoxy) is 3. The summed E-state index contributed by atoms with van der Waals surface area (Å²) in [5.74, 6) is 0.185. The number of likely N-dealkylation sites (tertiary alicyclic amines) is 1. The second kappa shape index (κ2) is 13.4. The number of hydrogen-bond acceptors (Lipinski definition) is 8. The summed E-state index contributed by atoms with van der Waals surface area (Å²) in [7, 11) is 0. The third kappa shape index (κ3) is 8.79. The fraction of sp³-hybridized carbons (Fsp3) is 0.308. The maximum absolute atomic E-state index is 12.8. The molecule has 1 saturated heterocycles. The average Bonchev–Trinajstić information content (AvgIpc) is 2.87. The Hall–Kier alpha value is -2.92. The van der Waals surface area contributed by atoms with Crippen LogP contribution in [0.25, 0.3) is 0 Å². The lowest BCUT2D eigenvalue weighted by Crippen LogP contribution is -2.73. The van der Waals surface area contributed by atoms with E-state index in [-0.39, 0.29) is 6.61 Å². The summed E-state index contributed by atoms with van der Waals surface area (Å²) in [5.41, 5.74) is 1.08. The van der Waals surface area contributed by atoms with Gasteiger partial charge in [-0.25, -0.2) is 9.59 Å². The van der Waals surface area contributed by atoms with E-state index in [0.29, 0.717) is 17.3 Å². The second-order valence-electron chi connectivity index (χ2n) is 8.51. The first-order valence-electron chi connectivity index (χ1n) is 11.5. The number of nitrogens with zero attached hydrogens (tertiary/aromatic N) is 1. The van der Waals surface area contributed by atoms with Gasteiger partial charge in [0, 0.05) is 13.0 Å². The molecule has 2 aromatic carbocycles. The topological polar surface area (TPSA) is 111 Å². The number of amides is 2. The van der Waals surface area contributed by atoms with Gasteiger partial charge in [-0.05, 0) is 42.0 Å². The van der Waals surface area contributed by atoms with Crippen molar-refractivity contribution in [3.63, 3.8) is 0 Å². The number of β-lactam (4-membered cyclic amide) rings is 1. The van der Waals surface area contributed by atoms with Gasteiger partial charge in [-0.15, -0.1) is 0 Å². The van der Waals surface area contributed by atoms with Crippen molar-refractivity contribution in [2.24, 2.45) is 0 Å². The molecule has 0 spiro atoms. The fourth-order valence-corrected chi connectivity index (χ4v) is 4.70. The molecule has 0 aliphatic carbocycles. The van der Waals surface area contributed by atoms with Crippen molar-refractivity contribution in [2.75, 3.05) is 6.61 Å². The van der Waals surface area contributed by atoms with E-state index in [1.54, 1.807) is 31.2 Å². The molecule has 5 rings (SSSR count). The molecule has 1 N–H and O–H groups in total. The van der Waals surface area contributed by atoms with Crippen LogP contribution in [0.2, 0.25) is 0 Å². The van der Waals surface area contributed by atoms with Crippen LogP contribution in [0.1, 0.15) is 19.4 Å². The number of fused-ring (bicyclic) bond motifs is 2. The lowest BCUT2D eigenvalue weighted by molar-refractivity contribution is -0.163. The zero-order chi connectivity index (χ0) is 28.7. The number of thioether (sulfide) groups is 1. The molecule has 3 aliphatic rings. The standard InChI is InChI=1S/C20H21Cl3N2O6S.C6H4O/c1-11(2)15(18(28)30-9-13-7-5-4-6-8-13)25-16(27)14(24-12(3)26)17(25)32-19(29)31-10-20(21,22)23;1-2-5-4-6(3-1)7-5/h4-8,14-15,17H,1,9-10H2,2-3H3,(H,24,26);1-4H. The summed E-state index contributed by atoms with van der Waals surface area (Å²) in [5, 5.41) is 0.646. The minimum Gasteiger partial charge on any atom is -0.459 e. The SMILES string of the molecule is C=C(C)C(C(=O)OCc1ccccc1)N1C(=O)C(NC(C)=O)C1SC(=O)OCC(Cl)(Cl)Cl.c1cc2cc(c1)O2. The Balaban J connectivity index is 0.000000509. The smallest absolute Gasteiger partial charge is 0.369 e. The van der Waals surface area contributed by atoms with Gasteiger partial charge in [0.05, 0.1) is 0 Å². The minimum absolute atomic E-state index is 0.0102. The van der Waals surface area contributed by atoms with Gasteiger partial charge in [0.2, 0.25) is 15.6 Å². The van der Waals surface area contributed by atoms with Crippen molar-refractivity contribution in [3.05, 3.63) is 72.3 Å². The Morgan fingerprint density at radius 2 is 1.69 bits per heavy atom. The molecule has 0 saturated carbocycles. The van der Waals surface area contributed by atoms with Crippen LogP contribution in [0.5, 0.6) is 11.5 Å². The zero-order valence-corrected chi connectivity index (χ0v) is 24.0. The predicted octanol–water partition coefficient (Wildman–Crippen LogP) is 5.38. The Bertz CT molecular complexity index is 1210. The molecule has 3 atom stereocenters. The highest BCUT2D eigenvalue weighted by Gasteiger charge is 2.55. The van der Waals surface area contributed by atoms with E-state index in [2.05, 4.69) is 11.9 Å². The van der Waals surface area contributed by atoms with E-state index in [1.165, 1.54) is 6.92 Å². The molecule has 1 fully saturated rings. The normalized spacial score (nSPS) is 17.7. The van der Waals surface area contributed by atoms with Crippen LogP contribution in [-0.4, -0.2) is 55.8 Å². The second-order valence-corrected chi connectivity index (χ2v) is 12.1. The lowest BCUT2D eigenvalue weighted by Gasteiger charge is -2.48. The largest absolute Gasteiger partial charge is 0.459 e. The number of rotatable bonds is 8. The lowest BCUT2D eigenvalue weighted by atomic mass is 9.99. The van der Waals surface area contributed by atoms with Crippen LogP contribution in [-0.2, 0) is 30.5 Å². The Labute approximate surface area is 244 Å². The number of carbonyl (C=O) groups is 4. The van der Waals surface area contributed by atoms with Crippen molar-refractivity contribution in [1.29, 1.82) is 0 Å². The van der Waals surface area contributed by atoms with Crippen molar-refractivity contribution in [1.82, 2.24) is 10.2 Å². The first kappa shape index (κ1) is 30.6. The molecule has 3 heterocycles. The minimum atomic E-state index is -1.82. The molecule has 208 valence electrons. The summed E-state index contributed by atoms with van der Waals surface area (Å²) in [6.07, 6.45) is 0. The van der Waals surface area contributed by atoms with Crippen molar-refractivity contribution >= 4 is 69.6 Å². The van der Waals surface area contributed by atoms with Crippen molar-refractivity contribution < 1.29 is 33.4 Å². The third-order valence-corrected chi connectivity index (χ3v) is 6.62. The van der Waals surface area contributed by atoms with Gasteiger partial charge in [0.1, 0.15) is 36.1 Å². The molecule has 2 bridgehead atoms. The van der Waals surface area contributed by atoms with Crippen LogP contribution in [0, 0.1) is 0 Å². The highest BCUT2D eigenvalue weighted by Crippen LogP contribution is 2.36. The number of hydrogen-bond donors (Lipinski definition) is 1. The summed E-state index contributed by atoms with van der Waals surface area (Å²) in [4.78, 5) is 50.4. The number of esters is 1. The van der Waals surface area contributed by atoms with Crippen LogP contribution >= 0.6 is 46.6 Å². The summed E-state index contributed by atoms with van der Waals surface area (Å²) < 4.78 is 13.4. The maximum Gasteiger partial charge on any atom is 0.369 e. The van der Waals surface area contributed by atoms with E-state index >= 15 is 0 Å². The van der Waals surface area contributed by atoms with E-state index in [1.807, 2.05) is 30.3 Å². The van der Waals surface area contributed by atoms with Gasteiger partial charge in [0.15, 0.2) is 6.04 Å². The molecule has 3 aliphatic heterocycles. The average molecular weight is 616 g/mol. The van der Waals surface area contributed by atoms with Gasteiger partial charge in [0.25, 0.3) is 0 Å². The molecular weight excluding hydrogens is 591 g/mol. The summed E-state index contributed by atoms with van der Waals surface area (Å²) in [6.45, 7) is 6.03. The van der Waals surface area contributed by atoms with Gasteiger partial charge in [-0.1, -0.05) is 77.8 Å². The van der Waals surface area contributed by atoms with Crippen LogP contribution < -0.4 is 10.1 Å². The molecule has 0 aromatic heterocycles. The predicted molar refractivity (Wildman–Crippen MR) is 149 cm³/mol. The molecule has 0 radical (unpaired) electrons. The number of nitrogens with one attached hydrogen (secondary N) is 1. The van der Waals surface area contributed by atoms with Gasteiger partial charge in [-0.3, -0.25) is 9.59 Å². The highest BCUT2D eigenvalue weighted by molar-refractivity contribution is 8.13. The number of carbonyl (C=O) groups excluding carboxylic acids is 4. The van der Waals surface area contributed by atoms with Crippen molar-refractivity contribution in [3.8, 4) is 11.5 Å². The summed E-state index contributed by atoms with van der Waals surface area (Å²) >= 11 is 17.3. The number of alkyl halides is 3. The molecule has 9 nitrogen and oxygen atoms in total. The van der Waals surface area contributed by atoms with E-state index in [0.717, 1.165) is 22.0 Å². The Morgan fingerprint density at radius 3 is 2.15 bits per heavy atom. The zero-order valence-electron chi connectivity index (χ0n) is 20.9. The quantitative estimate of drug-likeness (QED) is 0.156. The van der Waals surface area contributed by atoms with Crippen LogP contribution in [0.4, 0.5) is 4.79 Å². The molecule has 3 unspecified atom stereocenters. The highest BCUT2D eigenvalue weighted by atomic mass is 35.6. The molecule has 2 aromatic rings. The first-order valence-corrected chi connectivity index (χ1v) is 13.5. The molecule has 13 heteroatoms. The third-order valence-electron chi connectivity index (χ3n) is 5.24. The Morgan fingerprint density at radius 1 is 1.08 bits per heavy atom. The fourth-order valence-electron chi connectivity index (χ4n) is 3.55. The van der Waals surface area contributed by atoms with E-state index in [9.17, 15) is 19.2 Å². The molecule has 2 amide bonds. The van der Waals surface area contributed by atoms with Crippen LogP contribution in [0.15, 0.2) is 66.7 Å². The first-order chi connectivity index (χ1) is 18.4. The maximum atomic E-state index is 12.8. The van der Waals surface area contributed by atoms with Crippen LogP contribution in [0.3, 0.4) is 0 Å². The van der Waals surface area contributed by atoms with Gasteiger partial charge < -0.3 is 24.4 Å². The van der Waals surface area contributed by atoms with E-state index < -0.39 is 50.9 Å². The number of halogens is 3. The van der Waals surface area contributed by atoms with Gasteiger partial charge >= 0.3 is 11.3 Å². The Kier molecular flexibility index (Phi) is 10.5. The molecule has 39 heavy (non-hydrogen) atoms. The van der Waals surface area contributed by atoms with Crippen molar-refractivity contribution in [2.45, 2.75) is 41.7 Å².